The van der Waals surface area contributed by atoms with Crippen molar-refractivity contribution in [2.75, 3.05) is 7.05 Å². The van der Waals surface area contributed by atoms with Crippen LogP contribution in [0.1, 0.15) is 31.4 Å². The molecule has 0 saturated heterocycles. The van der Waals surface area contributed by atoms with E-state index in [0.717, 1.165) is 17.7 Å². The highest BCUT2D eigenvalue weighted by molar-refractivity contribution is 6.11. The van der Waals surface area contributed by atoms with Crippen LogP contribution in [0.25, 0.3) is 0 Å². The van der Waals surface area contributed by atoms with Gasteiger partial charge in [0.25, 0.3) is 0 Å². The van der Waals surface area contributed by atoms with Crippen LogP contribution in [-0.2, 0) is 11.2 Å². The van der Waals surface area contributed by atoms with Crippen molar-refractivity contribution in [3.63, 3.8) is 0 Å². The highest BCUT2D eigenvalue weighted by Gasteiger charge is 2.26. The Bertz CT molecular complexity index is 475. The van der Waals surface area contributed by atoms with Crippen molar-refractivity contribution in [2.45, 2.75) is 32.2 Å². The molecule has 90 valence electrons. The van der Waals surface area contributed by atoms with Crippen LogP contribution in [0.2, 0.25) is 0 Å². The number of nitrogens with zero attached hydrogens (tertiary/aromatic N) is 1. The number of benzene rings is 1. The average Bonchev–Trinajstić information content (AvgIpc) is 2.27. The molecule has 0 spiro atoms. The normalized spacial score (nSPS) is 17.0. The van der Waals surface area contributed by atoms with Crippen molar-refractivity contribution in [2.24, 2.45) is 4.99 Å². The lowest BCUT2D eigenvalue weighted by Gasteiger charge is -2.28. The van der Waals surface area contributed by atoms with E-state index in [1.54, 1.807) is 7.05 Å². The van der Waals surface area contributed by atoms with Crippen LogP contribution in [0.15, 0.2) is 29.3 Å². The van der Waals surface area contributed by atoms with Gasteiger partial charge in [-0.3, -0.25) is 9.79 Å². The molecule has 1 aromatic rings. The van der Waals surface area contributed by atoms with Crippen LogP contribution >= 0.6 is 0 Å². The van der Waals surface area contributed by atoms with Crippen LogP contribution < -0.4 is 5.32 Å². The Balaban J connectivity index is 2.40. The molecule has 1 aromatic carbocycles. The standard InChI is InChI=1S/C14H18N2O/c1-14(2)9-10-6-4-5-7-11(10)12(16-14)8-13(17)15-3/h4-7H,8-9H2,1-3H3,(H,15,17). The molecule has 0 fully saturated rings. The smallest absolute Gasteiger partial charge is 0.225 e. The lowest BCUT2D eigenvalue weighted by Crippen LogP contribution is -2.31. The summed E-state index contributed by atoms with van der Waals surface area (Å²) in [5.74, 6) is 0.0104. The van der Waals surface area contributed by atoms with Gasteiger partial charge in [-0.05, 0) is 31.4 Å². The zero-order chi connectivity index (χ0) is 12.5. The first-order chi connectivity index (χ1) is 8.02. The van der Waals surface area contributed by atoms with Gasteiger partial charge in [-0.15, -0.1) is 0 Å². The van der Waals surface area contributed by atoms with Crippen molar-refractivity contribution in [3.05, 3.63) is 35.4 Å². The van der Waals surface area contributed by atoms with E-state index in [-0.39, 0.29) is 11.4 Å². The fourth-order valence-corrected chi connectivity index (χ4v) is 2.26. The zero-order valence-corrected chi connectivity index (χ0v) is 10.6. The van der Waals surface area contributed by atoms with Gasteiger partial charge in [-0.2, -0.15) is 0 Å². The van der Waals surface area contributed by atoms with Gasteiger partial charge in [0.2, 0.25) is 5.91 Å². The van der Waals surface area contributed by atoms with Gasteiger partial charge in [-0.1, -0.05) is 24.3 Å². The number of aliphatic imine (C=N–C) groups is 1. The van der Waals surface area contributed by atoms with E-state index in [1.165, 1.54) is 5.56 Å². The lowest BCUT2D eigenvalue weighted by molar-refractivity contribution is -0.119. The van der Waals surface area contributed by atoms with Crippen molar-refractivity contribution in [1.82, 2.24) is 5.32 Å². The maximum Gasteiger partial charge on any atom is 0.225 e. The summed E-state index contributed by atoms with van der Waals surface area (Å²) < 4.78 is 0. The topological polar surface area (TPSA) is 41.5 Å². The maximum absolute atomic E-state index is 11.5. The number of rotatable bonds is 2. The molecular weight excluding hydrogens is 212 g/mol. The third-order valence-corrected chi connectivity index (χ3v) is 3.00. The first-order valence-electron chi connectivity index (χ1n) is 5.89. The summed E-state index contributed by atoms with van der Waals surface area (Å²) in [4.78, 5) is 16.2. The predicted octanol–water partition coefficient (Wildman–Crippen LogP) is 1.95. The van der Waals surface area contributed by atoms with Crippen molar-refractivity contribution in [3.8, 4) is 0 Å². The Morgan fingerprint density at radius 3 is 2.82 bits per heavy atom. The second-order valence-electron chi connectivity index (χ2n) is 5.05. The molecule has 1 aliphatic rings. The molecule has 0 aliphatic carbocycles. The summed E-state index contributed by atoms with van der Waals surface area (Å²) in [5.41, 5.74) is 3.19. The quantitative estimate of drug-likeness (QED) is 0.829. The summed E-state index contributed by atoms with van der Waals surface area (Å²) >= 11 is 0. The van der Waals surface area contributed by atoms with E-state index in [9.17, 15) is 4.79 Å². The van der Waals surface area contributed by atoms with E-state index in [4.69, 9.17) is 4.99 Å². The van der Waals surface area contributed by atoms with Crippen molar-refractivity contribution in [1.29, 1.82) is 0 Å². The Morgan fingerprint density at radius 2 is 2.12 bits per heavy atom. The van der Waals surface area contributed by atoms with Gasteiger partial charge in [0.15, 0.2) is 0 Å². The molecule has 17 heavy (non-hydrogen) atoms. The van der Waals surface area contributed by atoms with Gasteiger partial charge in [0.1, 0.15) is 0 Å². The third-order valence-electron chi connectivity index (χ3n) is 3.00. The van der Waals surface area contributed by atoms with Crippen LogP contribution in [0.5, 0.6) is 0 Å². The molecular formula is C14H18N2O. The minimum Gasteiger partial charge on any atom is -0.359 e. The minimum absolute atomic E-state index is 0.0104. The summed E-state index contributed by atoms with van der Waals surface area (Å²) in [5, 5.41) is 2.65. The zero-order valence-electron chi connectivity index (χ0n) is 10.6. The Morgan fingerprint density at radius 1 is 1.41 bits per heavy atom. The molecule has 3 nitrogen and oxygen atoms in total. The number of nitrogens with one attached hydrogen (secondary N) is 1. The van der Waals surface area contributed by atoms with Gasteiger partial charge in [0, 0.05) is 7.05 Å². The Hall–Kier alpha value is -1.64. The van der Waals surface area contributed by atoms with Gasteiger partial charge in [0.05, 0.1) is 17.7 Å². The first-order valence-corrected chi connectivity index (χ1v) is 5.89. The summed E-state index contributed by atoms with van der Waals surface area (Å²) in [6.45, 7) is 4.21. The lowest BCUT2D eigenvalue weighted by atomic mass is 9.86. The third kappa shape index (κ3) is 2.54. The molecule has 2 rings (SSSR count). The van der Waals surface area contributed by atoms with E-state index in [0.29, 0.717) is 6.42 Å². The van der Waals surface area contributed by atoms with Crippen LogP contribution in [0.4, 0.5) is 0 Å². The molecule has 3 heteroatoms. The number of hydrogen-bond donors (Lipinski definition) is 1. The summed E-state index contributed by atoms with van der Waals surface area (Å²) in [6.07, 6.45) is 1.29. The molecule has 1 aliphatic heterocycles. The fraction of sp³-hybridized carbons (Fsp3) is 0.429. The molecule has 1 heterocycles. The number of amides is 1. The van der Waals surface area contributed by atoms with Crippen LogP contribution in [0, 0.1) is 0 Å². The van der Waals surface area contributed by atoms with E-state index >= 15 is 0 Å². The molecule has 0 bridgehead atoms. The average molecular weight is 230 g/mol. The molecule has 1 N–H and O–H groups in total. The van der Waals surface area contributed by atoms with Gasteiger partial charge < -0.3 is 5.32 Å². The Kier molecular flexibility index (Phi) is 3.01. The van der Waals surface area contributed by atoms with Crippen molar-refractivity contribution >= 4 is 11.6 Å². The highest BCUT2D eigenvalue weighted by Crippen LogP contribution is 2.27. The molecule has 1 amide bonds. The summed E-state index contributed by atoms with van der Waals surface area (Å²) in [6, 6.07) is 8.20. The molecule has 0 atom stereocenters. The predicted molar refractivity (Wildman–Crippen MR) is 69.4 cm³/mol. The number of carbonyl (C=O) groups excluding carboxylic acids is 1. The minimum atomic E-state index is -0.113. The van der Waals surface area contributed by atoms with E-state index < -0.39 is 0 Å². The molecule has 0 aromatic heterocycles. The monoisotopic (exact) mass is 230 g/mol. The van der Waals surface area contributed by atoms with E-state index in [2.05, 4.69) is 25.2 Å². The van der Waals surface area contributed by atoms with E-state index in [1.807, 2.05) is 18.2 Å². The van der Waals surface area contributed by atoms with Gasteiger partial charge in [-0.25, -0.2) is 0 Å². The number of fused-ring (bicyclic) bond motifs is 1. The van der Waals surface area contributed by atoms with Gasteiger partial charge >= 0.3 is 0 Å². The molecule has 0 saturated carbocycles. The number of hydrogen-bond acceptors (Lipinski definition) is 2. The largest absolute Gasteiger partial charge is 0.359 e. The van der Waals surface area contributed by atoms with Crippen LogP contribution in [-0.4, -0.2) is 24.2 Å². The maximum atomic E-state index is 11.5. The van der Waals surface area contributed by atoms with Crippen LogP contribution in [0.3, 0.4) is 0 Å². The second kappa shape index (κ2) is 4.32. The Labute approximate surface area is 102 Å². The van der Waals surface area contributed by atoms with Crippen molar-refractivity contribution < 1.29 is 4.79 Å². The first kappa shape index (κ1) is 11.8. The summed E-state index contributed by atoms with van der Waals surface area (Å²) in [7, 11) is 1.66. The second-order valence-corrected chi connectivity index (χ2v) is 5.05. The molecule has 0 unspecified atom stereocenters. The number of carbonyl (C=O) groups is 1. The molecule has 0 radical (unpaired) electrons. The fourth-order valence-electron chi connectivity index (χ4n) is 2.26. The SMILES string of the molecule is CNC(=O)CC1=NC(C)(C)Cc2ccccc21. The highest BCUT2D eigenvalue weighted by atomic mass is 16.1.